The zero-order valence-electron chi connectivity index (χ0n) is 16.2. The number of anilines is 2. The van der Waals surface area contributed by atoms with Crippen molar-refractivity contribution in [2.24, 2.45) is 0 Å². The Morgan fingerprint density at radius 1 is 1.30 bits per heavy atom. The minimum atomic E-state index is -0.137. The van der Waals surface area contributed by atoms with Gasteiger partial charge in [-0.15, -0.1) is 11.3 Å². The lowest BCUT2D eigenvalue weighted by Gasteiger charge is -2.20. The second-order valence-electron chi connectivity index (χ2n) is 6.06. The van der Waals surface area contributed by atoms with Gasteiger partial charge in [0.15, 0.2) is 11.7 Å². The normalized spacial score (nSPS) is 11.7. The molecule has 0 bridgehead atoms. The van der Waals surface area contributed by atoms with Crippen molar-refractivity contribution in [3.8, 4) is 5.75 Å². The van der Waals surface area contributed by atoms with E-state index in [1.807, 2.05) is 43.5 Å². The number of benzene rings is 1. The second-order valence-corrected chi connectivity index (χ2v) is 6.89. The van der Waals surface area contributed by atoms with Gasteiger partial charge in [-0.25, -0.2) is 4.98 Å². The summed E-state index contributed by atoms with van der Waals surface area (Å²) in [5.41, 5.74) is 1.52. The number of hydrogen-bond donors (Lipinski definition) is 2. The molecule has 0 fully saturated rings. The highest BCUT2D eigenvalue weighted by Gasteiger charge is 2.22. The average Bonchev–Trinajstić information content (AvgIpc) is 3.09. The monoisotopic (exact) mass is 391 g/mol. The number of rotatable bonds is 9. The average molecular weight is 392 g/mol. The zero-order chi connectivity index (χ0) is 19.8. The number of likely N-dealkylation sites (N-methyl/N-ethyl adjacent to an activating group) is 2. The molecule has 1 aromatic heterocycles. The van der Waals surface area contributed by atoms with E-state index >= 15 is 0 Å². The maximum absolute atomic E-state index is 12.3. The first-order valence-corrected chi connectivity index (χ1v) is 9.86. The van der Waals surface area contributed by atoms with Crippen molar-refractivity contribution >= 4 is 34.0 Å². The third-order valence-corrected chi connectivity index (χ3v) is 4.96. The largest absolute Gasteiger partial charge is 0.495 e. The smallest absolute Gasteiger partial charge is 0.275 e. The number of nitrogens with one attached hydrogen (secondary N) is 2. The lowest BCUT2D eigenvalue weighted by Crippen LogP contribution is -3.11. The van der Waals surface area contributed by atoms with Crippen LogP contribution >= 0.6 is 11.3 Å². The molecule has 2 rings (SSSR count). The second kappa shape index (κ2) is 10.0. The first kappa shape index (κ1) is 20.9. The van der Waals surface area contributed by atoms with Crippen molar-refractivity contribution in [2.75, 3.05) is 31.6 Å². The number of nitrogens with zero attached hydrogens (tertiary/aromatic N) is 2. The van der Waals surface area contributed by atoms with Crippen LogP contribution in [0.3, 0.4) is 0 Å². The number of para-hydroxylation sites is 2. The molecule has 146 valence electrons. The number of quaternary nitrogens is 1. The third kappa shape index (κ3) is 5.51. The molecule has 0 aliphatic carbocycles. The predicted molar refractivity (Wildman–Crippen MR) is 107 cm³/mol. The Morgan fingerprint density at radius 2 is 2.04 bits per heavy atom. The van der Waals surface area contributed by atoms with E-state index in [-0.39, 0.29) is 11.8 Å². The summed E-state index contributed by atoms with van der Waals surface area (Å²) in [5, 5.41) is 5.36. The standard InChI is InChI=1S/C19H26N4O3S/c1-5-20-18(25)12-22(6-2)11-15-13-27-19(21-15)23(14(3)24)16-9-7-8-10-17(16)26-4/h7-10,13H,5-6,11-12H2,1-4H3,(H,20,25)/p+1. The third-order valence-electron chi connectivity index (χ3n) is 4.09. The van der Waals surface area contributed by atoms with E-state index in [1.54, 1.807) is 12.0 Å². The van der Waals surface area contributed by atoms with Crippen molar-refractivity contribution in [1.82, 2.24) is 10.3 Å². The molecule has 1 aromatic carbocycles. The molecule has 2 aromatic rings. The van der Waals surface area contributed by atoms with Crippen molar-refractivity contribution < 1.29 is 19.2 Å². The number of amides is 2. The zero-order valence-corrected chi connectivity index (χ0v) is 17.1. The van der Waals surface area contributed by atoms with E-state index in [4.69, 9.17) is 4.74 Å². The molecule has 8 heteroatoms. The summed E-state index contributed by atoms with van der Waals surface area (Å²) in [4.78, 5) is 31.5. The van der Waals surface area contributed by atoms with Gasteiger partial charge in [0, 0.05) is 18.8 Å². The summed E-state index contributed by atoms with van der Waals surface area (Å²) in [7, 11) is 1.58. The molecule has 2 amide bonds. The van der Waals surface area contributed by atoms with E-state index in [9.17, 15) is 9.59 Å². The SMILES string of the molecule is CCNC(=O)C[NH+](CC)Cc1csc(N(C(C)=O)c2ccccc2OC)n1. The molecular formula is C19H27N4O3S+. The number of hydrogen-bond acceptors (Lipinski definition) is 5. The van der Waals surface area contributed by atoms with Crippen LogP contribution in [0.2, 0.25) is 0 Å². The first-order chi connectivity index (χ1) is 13.0. The number of carbonyl (C=O) groups excluding carboxylic acids is 2. The fourth-order valence-corrected chi connectivity index (χ4v) is 3.64. The van der Waals surface area contributed by atoms with E-state index in [0.717, 1.165) is 17.1 Å². The molecule has 27 heavy (non-hydrogen) atoms. The maximum atomic E-state index is 12.3. The molecule has 1 atom stereocenters. The molecule has 2 N–H and O–H groups in total. The molecule has 1 heterocycles. The van der Waals surface area contributed by atoms with Crippen LogP contribution in [-0.4, -0.2) is 43.5 Å². The molecular weight excluding hydrogens is 364 g/mol. The summed E-state index contributed by atoms with van der Waals surface area (Å²) in [5.74, 6) is 0.508. The molecule has 0 saturated heterocycles. The topological polar surface area (TPSA) is 76.0 Å². The van der Waals surface area contributed by atoms with Crippen molar-refractivity contribution in [2.45, 2.75) is 27.3 Å². The van der Waals surface area contributed by atoms with Crippen molar-refractivity contribution in [3.63, 3.8) is 0 Å². The Balaban J connectivity index is 2.20. The van der Waals surface area contributed by atoms with Crippen LogP contribution in [0.1, 0.15) is 26.5 Å². The lowest BCUT2D eigenvalue weighted by molar-refractivity contribution is -0.904. The fraction of sp³-hybridized carbons (Fsp3) is 0.421. The number of thiazole rings is 1. The predicted octanol–water partition coefficient (Wildman–Crippen LogP) is 1.38. The van der Waals surface area contributed by atoms with Gasteiger partial charge < -0.3 is 15.0 Å². The molecule has 0 radical (unpaired) electrons. The van der Waals surface area contributed by atoms with E-state index in [0.29, 0.717) is 36.2 Å². The van der Waals surface area contributed by atoms with Crippen LogP contribution in [0.5, 0.6) is 5.75 Å². The molecule has 7 nitrogen and oxygen atoms in total. The highest BCUT2D eigenvalue weighted by atomic mass is 32.1. The van der Waals surface area contributed by atoms with Gasteiger partial charge in [0.25, 0.3) is 5.91 Å². The van der Waals surface area contributed by atoms with Gasteiger partial charge in [-0.2, -0.15) is 0 Å². The van der Waals surface area contributed by atoms with Crippen LogP contribution in [0.25, 0.3) is 0 Å². The molecule has 1 unspecified atom stereocenters. The quantitative estimate of drug-likeness (QED) is 0.677. The fourth-order valence-electron chi connectivity index (χ4n) is 2.76. The Kier molecular flexibility index (Phi) is 7.75. The number of carbonyl (C=O) groups is 2. The van der Waals surface area contributed by atoms with Crippen LogP contribution in [0.15, 0.2) is 29.6 Å². The Morgan fingerprint density at radius 3 is 2.67 bits per heavy atom. The van der Waals surface area contributed by atoms with E-state index < -0.39 is 0 Å². The lowest BCUT2D eigenvalue weighted by atomic mass is 10.2. The Bertz CT molecular complexity index is 778. The van der Waals surface area contributed by atoms with Gasteiger partial charge in [-0.3, -0.25) is 14.5 Å². The van der Waals surface area contributed by atoms with Gasteiger partial charge in [0.05, 0.1) is 19.3 Å². The van der Waals surface area contributed by atoms with Gasteiger partial charge in [-0.05, 0) is 26.0 Å². The van der Waals surface area contributed by atoms with Crippen LogP contribution in [0, 0.1) is 0 Å². The summed E-state index contributed by atoms with van der Waals surface area (Å²) in [6.45, 7) is 7.92. The maximum Gasteiger partial charge on any atom is 0.275 e. The highest BCUT2D eigenvalue weighted by Crippen LogP contribution is 2.35. The summed E-state index contributed by atoms with van der Waals surface area (Å²) < 4.78 is 5.39. The van der Waals surface area contributed by atoms with Crippen LogP contribution in [0.4, 0.5) is 10.8 Å². The van der Waals surface area contributed by atoms with E-state index in [1.165, 1.54) is 18.3 Å². The summed E-state index contributed by atoms with van der Waals surface area (Å²) in [6.07, 6.45) is 0. The van der Waals surface area contributed by atoms with Gasteiger partial charge in [0.1, 0.15) is 18.0 Å². The molecule has 0 saturated carbocycles. The summed E-state index contributed by atoms with van der Waals surface area (Å²) >= 11 is 1.41. The summed E-state index contributed by atoms with van der Waals surface area (Å²) in [6, 6.07) is 7.37. The van der Waals surface area contributed by atoms with Crippen molar-refractivity contribution in [1.29, 1.82) is 0 Å². The number of ether oxygens (including phenoxy) is 1. The Hall–Kier alpha value is -2.45. The van der Waals surface area contributed by atoms with Crippen LogP contribution in [-0.2, 0) is 16.1 Å². The van der Waals surface area contributed by atoms with Crippen LogP contribution < -0.4 is 19.9 Å². The molecule has 0 aliphatic heterocycles. The van der Waals surface area contributed by atoms with Gasteiger partial charge in [-0.1, -0.05) is 12.1 Å². The van der Waals surface area contributed by atoms with Crippen molar-refractivity contribution in [3.05, 3.63) is 35.3 Å². The van der Waals surface area contributed by atoms with E-state index in [2.05, 4.69) is 10.3 Å². The Labute approximate surface area is 164 Å². The highest BCUT2D eigenvalue weighted by molar-refractivity contribution is 7.14. The van der Waals surface area contributed by atoms with Gasteiger partial charge >= 0.3 is 0 Å². The molecule has 0 spiro atoms. The molecule has 0 aliphatic rings. The van der Waals surface area contributed by atoms with Gasteiger partial charge in [0.2, 0.25) is 5.91 Å². The number of methoxy groups -OCH3 is 1. The minimum Gasteiger partial charge on any atom is -0.495 e. The first-order valence-electron chi connectivity index (χ1n) is 8.98. The minimum absolute atomic E-state index is 0.0317. The number of aromatic nitrogens is 1.